The lowest BCUT2D eigenvalue weighted by Gasteiger charge is -2.32. The van der Waals surface area contributed by atoms with Gasteiger partial charge in [-0.05, 0) is 36.2 Å². The fraction of sp³-hybridized carbons (Fsp3) is 0.261. The average molecular weight is 454 g/mol. The van der Waals surface area contributed by atoms with Crippen LogP contribution in [0.5, 0.6) is 0 Å². The molecule has 0 aliphatic heterocycles. The van der Waals surface area contributed by atoms with Crippen LogP contribution in [0.2, 0.25) is 0 Å². The molecule has 0 saturated carbocycles. The van der Waals surface area contributed by atoms with Gasteiger partial charge in [0, 0.05) is 31.8 Å². The smallest absolute Gasteiger partial charge is 0.383 e. The zero-order valence-electron chi connectivity index (χ0n) is 17.5. The molecule has 1 atom stereocenters. The van der Waals surface area contributed by atoms with E-state index in [0.717, 1.165) is 11.6 Å². The van der Waals surface area contributed by atoms with Crippen LogP contribution in [-0.4, -0.2) is 28.8 Å². The van der Waals surface area contributed by atoms with Crippen LogP contribution in [0.15, 0.2) is 60.8 Å². The third kappa shape index (κ3) is 4.72. The Morgan fingerprint density at radius 1 is 1.09 bits per heavy atom. The second-order valence-corrected chi connectivity index (χ2v) is 7.41. The lowest BCUT2D eigenvalue weighted by Crippen LogP contribution is -2.41. The summed E-state index contributed by atoms with van der Waals surface area (Å²) in [5, 5.41) is 3.07. The summed E-state index contributed by atoms with van der Waals surface area (Å²) < 4.78 is 40.8. The van der Waals surface area contributed by atoms with Gasteiger partial charge in [-0.2, -0.15) is 13.2 Å². The van der Waals surface area contributed by atoms with Crippen LogP contribution in [0.1, 0.15) is 47.7 Å². The number of nitrogens with one attached hydrogen (secondary N) is 1. The van der Waals surface area contributed by atoms with Crippen LogP contribution in [0, 0.1) is 0 Å². The highest BCUT2D eigenvalue weighted by Gasteiger charge is 2.37. The van der Waals surface area contributed by atoms with Crippen LogP contribution in [0.3, 0.4) is 0 Å². The van der Waals surface area contributed by atoms with Gasteiger partial charge in [-0.15, -0.1) is 0 Å². The molecule has 2 heterocycles. The minimum absolute atomic E-state index is 0. The number of nitrogens with two attached hydrogens (primary N) is 2. The lowest BCUT2D eigenvalue weighted by molar-refractivity contribution is -0.138. The van der Waals surface area contributed by atoms with Crippen LogP contribution < -0.4 is 16.8 Å². The van der Waals surface area contributed by atoms with Gasteiger partial charge in [0.15, 0.2) is 0 Å². The Morgan fingerprint density at radius 3 is 2.41 bits per heavy atom. The molecule has 5 N–H and O–H groups in total. The highest BCUT2D eigenvalue weighted by atomic mass is 19.4. The monoisotopic (exact) mass is 453 g/mol. The van der Waals surface area contributed by atoms with E-state index in [1.165, 1.54) is 24.4 Å². The van der Waals surface area contributed by atoms with E-state index in [-0.39, 0.29) is 24.3 Å². The summed E-state index contributed by atoms with van der Waals surface area (Å²) in [6, 6.07) is 14.4. The van der Waals surface area contributed by atoms with Crippen molar-refractivity contribution >= 4 is 17.4 Å². The Labute approximate surface area is 191 Å². The van der Waals surface area contributed by atoms with E-state index in [2.05, 4.69) is 15.3 Å². The third-order valence-corrected chi connectivity index (χ3v) is 5.56. The van der Waals surface area contributed by atoms with E-state index in [1.807, 2.05) is 37.3 Å². The summed E-state index contributed by atoms with van der Waals surface area (Å²) in [7, 11) is 0. The van der Waals surface area contributed by atoms with Gasteiger partial charge in [0.1, 0.15) is 17.3 Å². The molecule has 0 bridgehead atoms. The molecule has 9 heteroatoms. The van der Waals surface area contributed by atoms with Crippen molar-refractivity contribution in [1.29, 1.82) is 0 Å². The molecule has 178 valence electrons. The van der Waals surface area contributed by atoms with Gasteiger partial charge in [-0.1, -0.05) is 37.3 Å². The Kier molecular flexibility index (Phi) is 6.78. The number of ketones is 1. The molecular weight excluding hydrogens is 419 g/mol. The number of pyridine rings is 2. The first-order valence-electron chi connectivity index (χ1n) is 10.0. The molecule has 32 heavy (non-hydrogen) atoms. The fourth-order valence-corrected chi connectivity index (χ4v) is 3.51. The van der Waals surface area contributed by atoms with Gasteiger partial charge in [-0.3, -0.25) is 4.79 Å². The number of benzene rings is 1. The molecule has 6 nitrogen and oxygen atoms in total. The number of aromatic nitrogens is 2. The molecule has 3 rings (SSSR count). The molecule has 0 spiro atoms. The van der Waals surface area contributed by atoms with Crippen LogP contribution in [0.4, 0.5) is 24.8 Å². The summed E-state index contributed by atoms with van der Waals surface area (Å²) >= 11 is 0. The first-order valence-corrected chi connectivity index (χ1v) is 10.0. The fourth-order valence-electron chi connectivity index (χ4n) is 3.51. The summed E-state index contributed by atoms with van der Waals surface area (Å²) in [5.74, 6) is -0.982. The van der Waals surface area contributed by atoms with E-state index in [9.17, 15) is 18.0 Å². The molecule has 0 aliphatic rings. The first kappa shape index (κ1) is 23.2. The number of hydrogen-bond donors (Lipinski definition) is 3. The molecule has 0 amide bonds. The second kappa shape index (κ2) is 9.35. The van der Waals surface area contributed by atoms with Crippen molar-refractivity contribution < 1.29 is 25.1 Å². The molecule has 0 aliphatic carbocycles. The van der Waals surface area contributed by atoms with E-state index >= 15 is 0 Å². The van der Waals surface area contributed by atoms with E-state index in [4.69, 9.17) is 11.5 Å². The molecule has 0 saturated heterocycles. The van der Waals surface area contributed by atoms with Crippen molar-refractivity contribution in [2.45, 2.75) is 24.9 Å². The van der Waals surface area contributed by atoms with Gasteiger partial charge in [0.2, 0.25) is 5.78 Å². The maximum absolute atomic E-state index is 13.6. The van der Waals surface area contributed by atoms with Crippen LogP contribution in [0.25, 0.3) is 0 Å². The normalized spacial score (nSPS) is 13.4. The number of carbonyl (C=O) groups is 1. The summed E-state index contributed by atoms with van der Waals surface area (Å²) in [6.07, 6.45) is -2.72. The third-order valence-electron chi connectivity index (χ3n) is 5.56. The van der Waals surface area contributed by atoms with Gasteiger partial charge in [0.05, 0.1) is 11.1 Å². The van der Waals surface area contributed by atoms with Gasteiger partial charge >= 0.3 is 6.18 Å². The molecular formula is C23H34F3N5O. The number of rotatable bonds is 8. The molecule has 1 aromatic carbocycles. The van der Waals surface area contributed by atoms with Crippen LogP contribution in [-0.2, 0) is 11.6 Å². The SMILES string of the molecule is CCC(CN)(CNc1ccc(C(F)(F)F)c(C(=O)c2cccnc2N)n1)c1ccccc1.[HH].[HH].[HH].[HH].[HH]. The topological polar surface area (TPSA) is 107 Å². The zero-order valence-corrected chi connectivity index (χ0v) is 17.5. The number of anilines is 2. The average Bonchev–Trinajstić information content (AvgIpc) is 2.80. The summed E-state index contributed by atoms with van der Waals surface area (Å²) in [4.78, 5) is 20.7. The molecule has 0 fully saturated rings. The number of alkyl halides is 3. The number of nitrogens with zero attached hydrogens (tertiary/aromatic N) is 2. The highest BCUT2D eigenvalue weighted by molar-refractivity contribution is 6.11. The molecule has 3 aromatic rings. The van der Waals surface area contributed by atoms with Gasteiger partial charge in [0.25, 0.3) is 0 Å². The largest absolute Gasteiger partial charge is 0.418 e. The van der Waals surface area contributed by atoms with Crippen molar-refractivity contribution in [3.63, 3.8) is 0 Å². The summed E-state index contributed by atoms with van der Waals surface area (Å²) in [6.45, 7) is 2.63. The van der Waals surface area contributed by atoms with Crippen molar-refractivity contribution in [1.82, 2.24) is 9.97 Å². The minimum Gasteiger partial charge on any atom is -0.383 e. The highest BCUT2D eigenvalue weighted by Crippen LogP contribution is 2.34. The molecule has 0 radical (unpaired) electrons. The first-order chi connectivity index (χ1) is 15.2. The number of carbonyl (C=O) groups excluding carboxylic acids is 1. The maximum Gasteiger partial charge on any atom is 0.418 e. The Balaban J connectivity index is -0.00000231. The number of halogens is 3. The predicted octanol–water partition coefficient (Wildman–Crippen LogP) is 5.26. The Morgan fingerprint density at radius 2 is 1.81 bits per heavy atom. The minimum atomic E-state index is -4.76. The molecule has 2 aromatic heterocycles. The van der Waals surface area contributed by atoms with Crippen molar-refractivity contribution in [3.05, 3.63) is 83.2 Å². The van der Waals surface area contributed by atoms with Crippen LogP contribution >= 0.6 is 0 Å². The number of nitrogen functional groups attached to an aromatic ring is 1. The number of hydrogen-bond acceptors (Lipinski definition) is 6. The quantitative estimate of drug-likeness (QED) is 0.402. The van der Waals surface area contributed by atoms with Gasteiger partial charge < -0.3 is 16.8 Å². The van der Waals surface area contributed by atoms with Gasteiger partial charge in [-0.25, -0.2) is 9.97 Å². The Bertz CT molecular complexity index is 1100. The predicted molar refractivity (Wildman–Crippen MR) is 128 cm³/mol. The lowest BCUT2D eigenvalue weighted by atomic mass is 9.78. The molecule has 1 unspecified atom stereocenters. The van der Waals surface area contributed by atoms with Crippen molar-refractivity contribution in [3.8, 4) is 0 Å². The summed E-state index contributed by atoms with van der Waals surface area (Å²) in [5.41, 5.74) is 10.3. The zero-order chi connectivity index (χ0) is 23.4. The van der Waals surface area contributed by atoms with Crippen molar-refractivity contribution in [2.75, 3.05) is 24.1 Å². The second-order valence-electron chi connectivity index (χ2n) is 7.41. The van der Waals surface area contributed by atoms with E-state index < -0.39 is 28.6 Å². The Hall–Kier alpha value is -3.46. The van der Waals surface area contributed by atoms with Crippen molar-refractivity contribution in [2.24, 2.45) is 5.73 Å². The van der Waals surface area contributed by atoms with E-state index in [0.29, 0.717) is 19.5 Å². The standard InChI is InChI=1S/C23H24F3N5O.5H2/c1-2-22(13-27,15-7-4-3-5-8-15)14-30-18-11-10-17(23(24,25)26)19(31-18)20(32)16-9-6-12-29-21(16)28;;;;;/h3-12H,2,13-14,27H2,1H3,(H2,28,29)(H,30,31);5*1H. The maximum atomic E-state index is 13.6. The van der Waals surface area contributed by atoms with E-state index in [1.54, 1.807) is 0 Å².